The summed E-state index contributed by atoms with van der Waals surface area (Å²) in [6.45, 7) is 4.60. The molecule has 2 aliphatic heterocycles. The molecule has 0 radical (unpaired) electrons. The van der Waals surface area contributed by atoms with E-state index in [-0.39, 0.29) is 24.0 Å². The lowest BCUT2D eigenvalue weighted by Crippen LogP contribution is -2.50. The maximum atomic E-state index is 12.5. The Labute approximate surface area is 162 Å². The van der Waals surface area contributed by atoms with E-state index in [1.807, 2.05) is 4.90 Å². The van der Waals surface area contributed by atoms with Crippen LogP contribution in [0.4, 0.5) is 4.79 Å². The summed E-state index contributed by atoms with van der Waals surface area (Å²) in [6.07, 6.45) is 7.84. The first-order valence-corrected chi connectivity index (χ1v) is 10.6. The molecule has 0 spiro atoms. The zero-order valence-corrected chi connectivity index (χ0v) is 16.6. The molecule has 0 aromatic heterocycles. The molecular formula is C20H35N3O4. The van der Waals surface area contributed by atoms with E-state index in [0.29, 0.717) is 12.0 Å². The van der Waals surface area contributed by atoms with E-state index in [4.69, 9.17) is 9.47 Å². The smallest absolute Gasteiger partial charge is 0.317 e. The van der Waals surface area contributed by atoms with Crippen LogP contribution in [0.5, 0.6) is 0 Å². The fraction of sp³-hybridized carbons (Fsp3) is 0.900. The first-order chi connectivity index (χ1) is 13.2. The molecule has 2 heterocycles. The van der Waals surface area contributed by atoms with Crippen molar-refractivity contribution >= 4 is 12.0 Å². The highest BCUT2D eigenvalue weighted by molar-refractivity contribution is 5.75. The Morgan fingerprint density at radius 3 is 2.30 bits per heavy atom. The van der Waals surface area contributed by atoms with Crippen LogP contribution in [0.1, 0.15) is 51.4 Å². The monoisotopic (exact) mass is 381 g/mol. The highest BCUT2D eigenvalue weighted by Crippen LogP contribution is 2.25. The molecule has 154 valence electrons. The SMILES string of the molecule is COC(=O)C1CCC(NC(=O)N2CCC(OCC3CCNCC3)CC2)CC1. The lowest BCUT2D eigenvalue weighted by atomic mass is 9.86. The molecule has 3 fully saturated rings. The fourth-order valence-corrected chi connectivity index (χ4v) is 4.45. The molecule has 3 aliphatic rings. The lowest BCUT2D eigenvalue weighted by molar-refractivity contribution is -0.146. The van der Waals surface area contributed by atoms with Crippen molar-refractivity contribution in [1.82, 2.24) is 15.5 Å². The van der Waals surface area contributed by atoms with Gasteiger partial charge in [0, 0.05) is 25.7 Å². The largest absolute Gasteiger partial charge is 0.469 e. The van der Waals surface area contributed by atoms with Crippen molar-refractivity contribution in [3.63, 3.8) is 0 Å². The van der Waals surface area contributed by atoms with Crippen molar-refractivity contribution < 1.29 is 19.1 Å². The van der Waals surface area contributed by atoms with Crippen LogP contribution >= 0.6 is 0 Å². The maximum Gasteiger partial charge on any atom is 0.317 e. The number of nitrogens with zero attached hydrogens (tertiary/aromatic N) is 1. The molecule has 1 aliphatic carbocycles. The molecule has 2 saturated heterocycles. The Morgan fingerprint density at radius 2 is 1.67 bits per heavy atom. The number of carbonyl (C=O) groups is 2. The third kappa shape index (κ3) is 6.07. The van der Waals surface area contributed by atoms with Gasteiger partial charge in [-0.15, -0.1) is 0 Å². The molecule has 0 atom stereocenters. The average molecular weight is 382 g/mol. The summed E-state index contributed by atoms with van der Waals surface area (Å²) in [4.78, 5) is 26.0. The lowest BCUT2D eigenvalue weighted by Gasteiger charge is -2.35. The van der Waals surface area contributed by atoms with Crippen molar-refractivity contribution in [2.45, 2.75) is 63.5 Å². The number of nitrogens with one attached hydrogen (secondary N) is 2. The van der Waals surface area contributed by atoms with Crippen LogP contribution in [0.3, 0.4) is 0 Å². The number of rotatable bonds is 5. The van der Waals surface area contributed by atoms with Crippen LogP contribution in [0.2, 0.25) is 0 Å². The van der Waals surface area contributed by atoms with Crippen molar-refractivity contribution in [1.29, 1.82) is 0 Å². The standard InChI is InChI=1S/C20H35N3O4/c1-26-19(24)16-2-4-17(5-3-16)22-20(25)23-12-8-18(9-13-23)27-14-15-6-10-21-11-7-15/h15-18,21H,2-14H2,1H3,(H,22,25). The van der Waals surface area contributed by atoms with Crippen LogP contribution < -0.4 is 10.6 Å². The van der Waals surface area contributed by atoms with E-state index in [1.165, 1.54) is 20.0 Å². The van der Waals surface area contributed by atoms with E-state index in [0.717, 1.165) is 71.3 Å². The third-order valence-electron chi connectivity index (χ3n) is 6.34. The second kappa shape index (κ2) is 10.3. The molecular weight excluding hydrogens is 346 g/mol. The van der Waals surface area contributed by atoms with E-state index >= 15 is 0 Å². The van der Waals surface area contributed by atoms with Crippen molar-refractivity contribution in [2.75, 3.05) is 39.9 Å². The van der Waals surface area contributed by atoms with Crippen LogP contribution in [0, 0.1) is 11.8 Å². The number of hydrogen-bond donors (Lipinski definition) is 2. The average Bonchev–Trinajstić information content (AvgIpc) is 2.73. The van der Waals surface area contributed by atoms with Gasteiger partial charge >= 0.3 is 12.0 Å². The number of hydrogen-bond acceptors (Lipinski definition) is 5. The van der Waals surface area contributed by atoms with Gasteiger partial charge in [-0.2, -0.15) is 0 Å². The van der Waals surface area contributed by atoms with Crippen LogP contribution in [-0.4, -0.2) is 68.9 Å². The summed E-state index contributed by atoms with van der Waals surface area (Å²) in [5, 5.41) is 6.54. The first kappa shape index (κ1) is 20.4. The summed E-state index contributed by atoms with van der Waals surface area (Å²) in [6, 6.07) is 0.209. The highest BCUT2D eigenvalue weighted by atomic mass is 16.5. The quantitative estimate of drug-likeness (QED) is 0.711. The fourth-order valence-electron chi connectivity index (χ4n) is 4.45. The summed E-state index contributed by atoms with van der Waals surface area (Å²) in [5.74, 6) is 0.565. The van der Waals surface area contributed by atoms with Crippen molar-refractivity contribution in [3.05, 3.63) is 0 Å². The summed E-state index contributed by atoms with van der Waals surface area (Å²) in [7, 11) is 1.44. The Kier molecular flexibility index (Phi) is 7.76. The topological polar surface area (TPSA) is 79.9 Å². The van der Waals surface area contributed by atoms with Gasteiger partial charge in [-0.05, 0) is 70.4 Å². The van der Waals surface area contributed by atoms with Crippen molar-refractivity contribution in [2.24, 2.45) is 11.8 Å². The van der Waals surface area contributed by atoms with Crippen LogP contribution in [-0.2, 0) is 14.3 Å². The van der Waals surface area contributed by atoms with Gasteiger partial charge in [-0.3, -0.25) is 4.79 Å². The van der Waals surface area contributed by atoms with Crippen LogP contribution in [0.25, 0.3) is 0 Å². The molecule has 7 nitrogen and oxygen atoms in total. The van der Waals surface area contributed by atoms with Gasteiger partial charge in [0.2, 0.25) is 0 Å². The van der Waals surface area contributed by atoms with Crippen LogP contribution in [0.15, 0.2) is 0 Å². The highest BCUT2D eigenvalue weighted by Gasteiger charge is 2.30. The molecule has 0 bridgehead atoms. The normalized spacial score (nSPS) is 28.0. The number of esters is 1. The van der Waals surface area contributed by atoms with Gasteiger partial charge in [-0.1, -0.05) is 0 Å². The zero-order valence-electron chi connectivity index (χ0n) is 16.6. The Bertz CT molecular complexity index is 480. The van der Waals surface area contributed by atoms with Gasteiger partial charge in [0.05, 0.1) is 19.1 Å². The second-order valence-corrected chi connectivity index (χ2v) is 8.23. The predicted molar refractivity (Wildman–Crippen MR) is 102 cm³/mol. The molecule has 7 heteroatoms. The number of ether oxygens (including phenoxy) is 2. The molecule has 0 aromatic carbocycles. The number of urea groups is 1. The number of carbonyl (C=O) groups excluding carboxylic acids is 2. The maximum absolute atomic E-state index is 12.5. The summed E-state index contributed by atoms with van der Waals surface area (Å²) in [5.41, 5.74) is 0. The molecule has 0 unspecified atom stereocenters. The molecule has 2 amide bonds. The van der Waals surface area contributed by atoms with Gasteiger partial charge in [0.15, 0.2) is 0 Å². The second-order valence-electron chi connectivity index (χ2n) is 8.23. The summed E-state index contributed by atoms with van der Waals surface area (Å²) >= 11 is 0. The Hall–Kier alpha value is -1.34. The molecule has 1 saturated carbocycles. The number of piperidine rings is 2. The van der Waals surface area contributed by atoms with Gasteiger partial charge in [0.1, 0.15) is 0 Å². The van der Waals surface area contributed by atoms with Gasteiger partial charge in [-0.25, -0.2) is 4.79 Å². The minimum Gasteiger partial charge on any atom is -0.469 e. The van der Waals surface area contributed by atoms with Crippen molar-refractivity contribution in [3.8, 4) is 0 Å². The van der Waals surface area contributed by atoms with E-state index < -0.39 is 0 Å². The number of methoxy groups -OCH3 is 1. The summed E-state index contributed by atoms with van der Waals surface area (Å²) < 4.78 is 10.9. The Morgan fingerprint density at radius 1 is 1.00 bits per heavy atom. The zero-order chi connectivity index (χ0) is 19.1. The number of likely N-dealkylation sites (tertiary alicyclic amines) is 1. The molecule has 27 heavy (non-hydrogen) atoms. The first-order valence-electron chi connectivity index (χ1n) is 10.6. The van der Waals surface area contributed by atoms with E-state index in [1.54, 1.807) is 0 Å². The van der Waals surface area contributed by atoms with Gasteiger partial charge < -0.3 is 25.0 Å². The molecule has 3 rings (SSSR count). The molecule has 0 aromatic rings. The Balaban J connectivity index is 1.31. The van der Waals surface area contributed by atoms with E-state index in [2.05, 4.69) is 10.6 Å². The minimum absolute atomic E-state index is 0.00371. The molecule has 2 N–H and O–H groups in total. The van der Waals surface area contributed by atoms with E-state index in [9.17, 15) is 9.59 Å². The minimum atomic E-state index is -0.119. The van der Waals surface area contributed by atoms with Gasteiger partial charge in [0.25, 0.3) is 0 Å². The third-order valence-corrected chi connectivity index (χ3v) is 6.34. The number of amides is 2. The predicted octanol–water partition coefficient (Wildman–Crippen LogP) is 1.91.